The second-order valence-corrected chi connectivity index (χ2v) is 7.01. The first-order valence-electron chi connectivity index (χ1n) is 9.38. The van der Waals surface area contributed by atoms with E-state index >= 15 is 0 Å². The van der Waals surface area contributed by atoms with Crippen LogP contribution in [0.4, 0.5) is 0 Å². The molecule has 1 aromatic carbocycles. The van der Waals surface area contributed by atoms with E-state index in [1.807, 2.05) is 12.1 Å². The number of aromatic hydroxyl groups is 1. The Morgan fingerprint density at radius 3 is 2.58 bits per heavy atom. The summed E-state index contributed by atoms with van der Waals surface area (Å²) in [7, 11) is 0. The standard InChI is InChI=1S/C20H31NO3/c22-18-12-10-16(11-13-18)14-15-21-19-8-5-7-17(19)6-3-1-2-4-9-20(23)24/h10-13,17,19,21-22H,1-9,14-15H2,(H,23,24). The highest BCUT2D eigenvalue weighted by atomic mass is 16.4. The molecule has 1 aromatic rings. The second kappa shape index (κ2) is 10.3. The lowest BCUT2D eigenvalue weighted by atomic mass is 9.95. The van der Waals surface area contributed by atoms with Crippen molar-refractivity contribution in [2.24, 2.45) is 5.92 Å². The van der Waals surface area contributed by atoms with E-state index in [1.165, 1.54) is 37.7 Å². The third kappa shape index (κ3) is 6.91. The maximum absolute atomic E-state index is 10.5. The predicted molar refractivity (Wildman–Crippen MR) is 96.3 cm³/mol. The number of phenolic OH excluding ortho intramolecular Hbond substituents is 1. The molecule has 1 aliphatic rings. The van der Waals surface area contributed by atoms with Gasteiger partial charge in [-0.15, -0.1) is 0 Å². The molecule has 3 N–H and O–H groups in total. The molecule has 2 unspecified atom stereocenters. The van der Waals surface area contributed by atoms with Gasteiger partial charge in [0.1, 0.15) is 5.75 Å². The van der Waals surface area contributed by atoms with E-state index in [-0.39, 0.29) is 0 Å². The number of hydrogen-bond donors (Lipinski definition) is 3. The van der Waals surface area contributed by atoms with Gasteiger partial charge >= 0.3 is 5.97 Å². The molecular weight excluding hydrogens is 302 g/mol. The van der Waals surface area contributed by atoms with Crippen molar-refractivity contribution in [3.63, 3.8) is 0 Å². The number of carbonyl (C=O) groups is 1. The largest absolute Gasteiger partial charge is 0.508 e. The third-order valence-corrected chi connectivity index (χ3v) is 5.13. The zero-order valence-electron chi connectivity index (χ0n) is 14.5. The van der Waals surface area contributed by atoms with Crippen LogP contribution in [0.25, 0.3) is 0 Å². The number of carboxylic acid groups (broad SMARTS) is 1. The number of carboxylic acids is 1. The zero-order valence-corrected chi connectivity index (χ0v) is 14.5. The summed E-state index contributed by atoms with van der Waals surface area (Å²) < 4.78 is 0. The lowest BCUT2D eigenvalue weighted by Crippen LogP contribution is -2.33. The summed E-state index contributed by atoms with van der Waals surface area (Å²) in [5.74, 6) is 0.430. The van der Waals surface area contributed by atoms with Crippen molar-refractivity contribution in [3.8, 4) is 5.75 Å². The van der Waals surface area contributed by atoms with Crippen molar-refractivity contribution >= 4 is 5.97 Å². The van der Waals surface area contributed by atoms with Gasteiger partial charge in [-0.1, -0.05) is 37.8 Å². The van der Waals surface area contributed by atoms with E-state index in [2.05, 4.69) is 5.32 Å². The molecule has 4 heteroatoms. The van der Waals surface area contributed by atoms with Gasteiger partial charge in [0.25, 0.3) is 0 Å². The Morgan fingerprint density at radius 1 is 1.08 bits per heavy atom. The molecule has 1 fully saturated rings. The summed E-state index contributed by atoms with van der Waals surface area (Å²) in [5.41, 5.74) is 1.26. The van der Waals surface area contributed by atoms with Crippen LogP contribution in [0.2, 0.25) is 0 Å². The molecule has 0 saturated heterocycles. The van der Waals surface area contributed by atoms with Gasteiger partial charge in [-0.05, 0) is 62.3 Å². The molecule has 0 radical (unpaired) electrons. The molecule has 1 aliphatic carbocycles. The number of rotatable bonds is 11. The molecule has 0 aromatic heterocycles. The van der Waals surface area contributed by atoms with Crippen molar-refractivity contribution < 1.29 is 15.0 Å². The number of hydrogen-bond acceptors (Lipinski definition) is 3. The van der Waals surface area contributed by atoms with Gasteiger partial charge < -0.3 is 15.5 Å². The SMILES string of the molecule is O=C(O)CCCCCCC1CCCC1NCCc1ccc(O)cc1. The Labute approximate surface area is 145 Å². The molecule has 0 amide bonds. The monoisotopic (exact) mass is 333 g/mol. The third-order valence-electron chi connectivity index (χ3n) is 5.13. The van der Waals surface area contributed by atoms with Crippen LogP contribution in [0.1, 0.15) is 63.4 Å². The van der Waals surface area contributed by atoms with Crippen molar-refractivity contribution in [2.75, 3.05) is 6.54 Å². The van der Waals surface area contributed by atoms with Gasteiger partial charge in [0.05, 0.1) is 0 Å². The quantitative estimate of drug-likeness (QED) is 0.533. The first-order chi connectivity index (χ1) is 11.6. The predicted octanol–water partition coefficient (Wildman–Crippen LogP) is 4.12. The lowest BCUT2D eigenvalue weighted by molar-refractivity contribution is -0.137. The van der Waals surface area contributed by atoms with Gasteiger partial charge in [0.2, 0.25) is 0 Å². The van der Waals surface area contributed by atoms with E-state index in [9.17, 15) is 9.90 Å². The molecule has 0 heterocycles. The Hall–Kier alpha value is -1.55. The molecular formula is C20H31NO3. The van der Waals surface area contributed by atoms with Gasteiger partial charge in [-0.2, -0.15) is 0 Å². The van der Waals surface area contributed by atoms with Gasteiger partial charge in [0, 0.05) is 12.5 Å². The van der Waals surface area contributed by atoms with Crippen LogP contribution >= 0.6 is 0 Å². The molecule has 4 nitrogen and oxygen atoms in total. The highest BCUT2D eigenvalue weighted by molar-refractivity contribution is 5.66. The Bertz CT molecular complexity index is 486. The van der Waals surface area contributed by atoms with Crippen LogP contribution in [0.15, 0.2) is 24.3 Å². The van der Waals surface area contributed by atoms with Crippen molar-refractivity contribution in [1.82, 2.24) is 5.32 Å². The van der Waals surface area contributed by atoms with Crippen molar-refractivity contribution in [1.29, 1.82) is 0 Å². The minimum atomic E-state index is -0.677. The van der Waals surface area contributed by atoms with Crippen molar-refractivity contribution in [2.45, 2.75) is 70.3 Å². The van der Waals surface area contributed by atoms with Crippen LogP contribution < -0.4 is 5.32 Å². The number of benzene rings is 1. The first-order valence-corrected chi connectivity index (χ1v) is 9.38. The zero-order chi connectivity index (χ0) is 17.2. The highest BCUT2D eigenvalue weighted by Gasteiger charge is 2.25. The van der Waals surface area contributed by atoms with E-state index in [1.54, 1.807) is 12.1 Å². The van der Waals surface area contributed by atoms with Crippen molar-refractivity contribution in [3.05, 3.63) is 29.8 Å². The van der Waals surface area contributed by atoms with E-state index < -0.39 is 5.97 Å². The molecule has 0 spiro atoms. The van der Waals surface area contributed by atoms with Crippen LogP contribution in [-0.2, 0) is 11.2 Å². The molecule has 134 valence electrons. The molecule has 2 atom stereocenters. The average Bonchev–Trinajstić information content (AvgIpc) is 3.00. The van der Waals surface area contributed by atoms with E-state index in [0.717, 1.165) is 38.1 Å². The molecule has 0 bridgehead atoms. The Morgan fingerprint density at radius 2 is 1.83 bits per heavy atom. The fraction of sp³-hybridized carbons (Fsp3) is 0.650. The smallest absolute Gasteiger partial charge is 0.303 e. The highest BCUT2D eigenvalue weighted by Crippen LogP contribution is 2.30. The van der Waals surface area contributed by atoms with Crippen LogP contribution in [0.3, 0.4) is 0 Å². The molecule has 24 heavy (non-hydrogen) atoms. The Balaban J connectivity index is 1.58. The minimum Gasteiger partial charge on any atom is -0.508 e. The number of phenols is 1. The first kappa shape index (κ1) is 18.8. The van der Waals surface area contributed by atoms with Gasteiger partial charge in [-0.3, -0.25) is 4.79 Å². The second-order valence-electron chi connectivity index (χ2n) is 7.01. The Kier molecular flexibility index (Phi) is 8.10. The van der Waals surface area contributed by atoms with Crippen LogP contribution in [0.5, 0.6) is 5.75 Å². The summed E-state index contributed by atoms with van der Waals surface area (Å²) in [6.07, 6.45) is 10.7. The normalized spacial score (nSPS) is 20.3. The molecule has 2 rings (SSSR count). The summed E-state index contributed by atoms with van der Waals surface area (Å²) in [6, 6.07) is 8.11. The fourth-order valence-corrected chi connectivity index (χ4v) is 3.75. The van der Waals surface area contributed by atoms with E-state index in [4.69, 9.17) is 5.11 Å². The average molecular weight is 333 g/mol. The molecule has 1 saturated carbocycles. The van der Waals surface area contributed by atoms with E-state index in [0.29, 0.717) is 18.2 Å². The topological polar surface area (TPSA) is 69.6 Å². The summed E-state index contributed by atoms with van der Waals surface area (Å²) in [4.78, 5) is 10.5. The number of nitrogens with one attached hydrogen (secondary N) is 1. The minimum absolute atomic E-state index is 0.310. The maximum atomic E-state index is 10.5. The summed E-state index contributed by atoms with van der Waals surface area (Å²) in [6.45, 7) is 0.991. The lowest BCUT2D eigenvalue weighted by Gasteiger charge is -2.21. The number of unbranched alkanes of at least 4 members (excludes halogenated alkanes) is 3. The van der Waals surface area contributed by atoms with Gasteiger partial charge in [0.15, 0.2) is 0 Å². The van der Waals surface area contributed by atoms with Crippen LogP contribution in [-0.4, -0.2) is 28.8 Å². The van der Waals surface area contributed by atoms with Gasteiger partial charge in [-0.25, -0.2) is 0 Å². The van der Waals surface area contributed by atoms with Crippen LogP contribution in [0, 0.1) is 5.92 Å². The fourth-order valence-electron chi connectivity index (χ4n) is 3.75. The summed E-state index contributed by atoms with van der Waals surface area (Å²) in [5, 5.41) is 21.7. The number of aliphatic carboxylic acids is 1. The summed E-state index contributed by atoms with van der Waals surface area (Å²) >= 11 is 0. The molecule has 0 aliphatic heterocycles. The maximum Gasteiger partial charge on any atom is 0.303 e.